The Morgan fingerprint density at radius 3 is 2.14 bits per heavy atom. The van der Waals surface area contributed by atoms with E-state index in [1.807, 2.05) is 85.2 Å². The van der Waals surface area contributed by atoms with E-state index in [0.29, 0.717) is 71.1 Å². The van der Waals surface area contributed by atoms with Crippen molar-refractivity contribution in [3.63, 3.8) is 0 Å². The lowest BCUT2D eigenvalue weighted by Gasteiger charge is -2.60. The Kier molecular flexibility index (Phi) is 12.2. The van der Waals surface area contributed by atoms with Gasteiger partial charge in [-0.3, -0.25) is 19.5 Å². The van der Waals surface area contributed by atoms with Gasteiger partial charge in [-0.05, 0) is 51.8 Å². The van der Waals surface area contributed by atoms with Crippen molar-refractivity contribution in [3.8, 4) is 45.3 Å². The molecule has 3 amide bonds. The molecule has 0 bridgehead atoms. The SMILES string of the molecule is COc1cc(-c2nccc(-c3cccc(-c4ccc(CN5CC6(C5)CN(C(C)=O)C6)c(OC)n4)c3Cl)c2Cl)ccc1CN(C(=O)OC(C)(C)C)C1CCN(C(C)=O)CC1. The van der Waals surface area contributed by atoms with Gasteiger partial charge in [0.15, 0.2) is 0 Å². The van der Waals surface area contributed by atoms with Crippen LogP contribution in [0.25, 0.3) is 33.6 Å². The predicted octanol–water partition coefficient (Wildman–Crippen LogP) is 8.21. The molecule has 2 aromatic carbocycles. The molecule has 3 aliphatic rings. The van der Waals surface area contributed by atoms with Crippen molar-refractivity contribution in [1.29, 1.82) is 0 Å². The van der Waals surface area contributed by atoms with E-state index in [-0.39, 0.29) is 29.8 Å². The fraction of sp³-hybridized carbons (Fsp3) is 0.444. The number of benzene rings is 2. The zero-order chi connectivity index (χ0) is 42.2. The molecule has 312 valence electrons. The zero-order valence-electron chi connectivity index (χ0n) is 34.8. The van der Waals surface area contributed by atoms with Crippen LogP contribution in [0.3, 0.4) is 0 Å². The smallest absolute Gasteiger partial charge is 0.410 e. The Morgan fingerprint density at radius 2 is 1.49 bits per heavy atom. The van der Waals surface area contributed by atoms with Crippen LogP contribution in [0.15, 0.2) is 60.8 Å². The summed E-state index contributed by atoms with van der Waals surface area (Å²) in [4.78, 5) is 54.7. The van der Waals surface area contributed by atoms with Crippen molar-refractivity contribution in [2.75, 3.05) is 53.5 Å². The number of pyridine rings is 2. The van der Waals surface area contributed by atoms with Crippen LogP contribution in [-0.4, -0.2) is 113 Å². The second-order valence-electron chi connectivity index (χ2n) is 16.9. The summed E-state index contributed by atoms with van der Waals surface area (Å²) < 4.78 is 17.5. The first-order valence-corrected chi connectivity index (χ1v) is 20.7. The first kappa shape index (κ1) is 42.2. The van der Waals surface area contributed by atoms with Gasteiger partial charge in [0, 0.05) is 111 Å². The van der Waals surface area contributed by atoms with Gasteiger partial charge in [0.1, 0.15) is 11.4 Å². The molecule has 12 nitrogen and oxygen atoms in total. The van der Waals surface area contributed by atoms with E-state index in [1.54, 1.807) is 39.2 Å². The molecule has 2 aromatic heterocycles. The normalized spacial score (nSPS) is 16.6. The average molecular weight is 844 g/mol. The highest BCUT2D eigenvalue weighted by atomic mass is 35.5. The molecule has 0 atom stereocenters. The third-order valence-electron chi connectivity index (χ3n) is 11.5. The average Bonchev–Trinajstić information content (AvgIpc) is 3.17. The molecular weight excluding hydrogens is 791 g/mol. The summed E-state index contributed by atoms with van der Waals surface area (Å²) in [5.74, 6) is 1.28. The number of methoxy groups -OCH3 is 2. The Morgan fingerprint density at radius 1 is 0.831 bits per heavy atom. The number of hydrogen-bond acceptors (Lipinski definition) is 9. The number of amides is 3. The molecule has 0 aliphatic carbocycles. The van der Waals surface area contributed by atoms with Gasteiger partial charge in [0.25, 0.3) is 0 Å². The zero-order valence-corrected chi connectivity index (χ0v) is 36.3. The highest BCUT2D eigenvalue weighted by molar-refractivity contribution is 6.39. The number of piperidine rings is 1. The van der Waals surface area contributed by atoms with Crippen LogP contribution in [0.2, 0.25) is 10.0 Å². The van der Waals surface area contributed by atoms with Crippen LogP contribution < -0.4 is 9.47 Å². The van der Waals surface area contributed by atoms with Gasteiger partial charge in [0.2, 0.25) is 17.7 Å². The van der Waals surface area contributed by atoms with E-state index < -0.39 is 11.7 Å². The first-order valence-electron chi connectivity index (χ1n) is 20.0. The molecular formula is C45H52Cl2N6O6. The number of likely N-dealkylation sites (tertiary alicyclic amines) is 3. The third-order valence-corrected chi connectivity index (χ3v) is 12.3. The molecule has 4 aromatic rings. The Hall–Kier alpha value is -4.91. The van der Waals surface area contributed by atoms with Gasteiger partial charge >= 0.3 is 6.09 Å². The number of carbonyl (C=O) groups excluding carboxylic acids is 3. The summed E-state index contributed by atoms with van der Waals surface area (Å²) in [6.07, 6.45) is 2.58. The topological polar surface area (TPSA) is 118 Å². The van der Waals surface area contributed by atoms with Gasteiger partial charge in [-0.1, -0.05) is 59.6 Å². The highest BCUT2D eigenvalue weighted by Gasteiger charge is 2.52. The van der Waals surface area contributed by atoms with Gasteiger partial charge in [0.05, 0.1) is 42.2 Å². The van der Waals surface area contributed by atoms with Gasteiger partial charge in [-0.25, -0.2) is 9.78 Å². The summed E-state index contributed by atoms with van der Waals surface area (Å²) in [7, 11) is 3.22. The fourth-order valence-electron chi connectivity index (χ4n) is 8.51. The molecule has 3 saturated heterocycles. The van der Waals surface area contributed by atoms with Crippen molar-refractivity contribution >= 4 is 41.1 Å². The first-order chi connectivity index (χ1) is 28.1. The number of carbonyl (C=O) groups is 3. The van der Waals surface area contributed by atoms with Gasteiger partial charge in [-0.2, -0.15) is 0 Å². The molecule has 3 fully saturated rings. The van der Waals surface area contributed by atoms with Crippen LogP contribution in [0.5, 0.6) is 11.6 Å². The summed E-state index contributed by atoms with van der Waals surface area (Å²) in [5, 5.41) is 0.905. The van der Waals surface area contributed by atoms with Crippen LogP contribution in [-0.2, 0) is 27.4 Å². The number of rotatable bonds is 10. The summed E-state index contributed by atoms with van der Waals surface area (Å²) in [5.41, 5.74) is 5.42. The number of ether oxygens (including phenoxy) is 3. The van der Waals surface area contributed by atoms with Gasteiger partial charge < -0.3 is 28.9 Å². The molecule has 0 saturated carbocycles. The lowest BCUT2D eigenvalue weighted by molar-refractivity contribution is -0.157. The van der Waals surface area contributed by atoms with Crippen molar-refractivity contribution in [3.05, 3.63) is 82.0 Å². The lowest BCUT2D eigenvalue weighted by atomic mass is 9.72. The standard InChI is InChI=1S/C45H52Cl2N6O6/c1-28(54)51-19-16-33(17-20-51)53(43(56)59-44(3,4)5)23-31-12-11-30(21-38(31)57-6)41-40(47)35(15-18-48-41)34-9-8-10-36(39(34)46)37-14-13-32(42(49-37)58-7)22-50-24-45(25-50)26-52(27-45)29(2)55/h8-15,18,21,33H,16-17,19-20,22-27H2,1-7H3. The Labute approximate surface area is 356 Å². The van der Waals surface area contributed by atoms with Crippen LogP contribution >= 0.6 is 23.2 Å². The van der Waals surface area contributed by atoms with E-state index in [4.69, 9.17) is 42.4 Å². The summed E-state index contributed by atoms with van der Waals surface area (Å²) >= 11 is 14.4. The number of aromatic nitrogens is 2. The maximum absolute atomic E-state index is 13.6. The molecule has 59 heavy (non-hydrogen) atoms. The van der Waals surface area contributed by atoms with Crippen molar-refractivity contribution in [1.82, 2.24) is 29.6 Å². The van der Waals surface area contributed by atoms with E-state index in [1.165, 1.54) is 0 Å². The van der Waals surface area contributed by atoms with Crippen LogP contribution in [0.1, 0.15) is 58.6 Å². The molecule has 1 spiro atoms. The second kappa shape index (κ2) is 17.0. The van der Waals surface area contributed by atoms with Crippen molar-refractivity contribution in [2.45, 2.75) is 72.2 Å². The molecule has 0 unspecified atom stereocenters. The molecule has 0 radical (unpaired) electrons. The number of hydrogen-bond donors (Lipinski definition) is 0. The van der Waals surface area contributed by atoms with Crippen molar-refractivity contribution < 1.29 is 28.6 Å². The minimum absolute atomic E-state index is 0.0318. The molecule has 0 N–H and O–H groups in total. The van der Waals surface area contributed by atoms with E-state index in [9.17, 15) is 14.4 Å². The lowest BCUT2D eigenvalue weighted by Crippen LogP contribution is -2.72. The van der Waals surface area contributed by atoms with Crippen molar-refractivity contribution in [2.24, 2.45) is 5.41 Å². The highest BCUT2D eigenvalue weighted by Crippen LogP contribution is 2.44. The van der Waals surface area contributed by atoms with Crippen LogP contribution in [0.4, 0.5) is 4.79 Å². The maximum atomic E-state index is 13.6. The van der Waals surface area contributed by atoms with E-state index in [0.717, 1.165) is 54.0 Å². The van der Waals surface area contributed by atoms with E-state index >= 15 is 0 Å². The largest absolute Gasteiger partial charge is 0.496 e. The molecule has 14 heteroatoms. The molecule has 7 rings (SSSR count). The molecule has 3 aliphatic heterocycles. The van der Waals surface area contributed by atoms with Gasteiger partial charge in [-0.15, -0.1) is 0 Å². The predicted molar refractivity (Wildman–Crippen MR) is 228 cm³/mol. The summed E-state index contributed by atoms with van der Waals surface area (Å²) in [6.45, 7) is 14.4. The minimum atomic E-state index is -0.677. The molecule has 5 heterocycles. The Balaban J connectivity index is 1.11. The monoisotopic (exact) mass is 842 g/mol. The Bertz CT molecular complexity index is 2240. The quantitative estimate of drug-likeness (QED) is 0.156. The van der Waals surface area contributed by atoms with E-state index in [2.05, 4.69) is 9.88 Å². The summed E-state index contributed by atoms with van der Waals surface area (Å²) in [6, 6.07) is 17.2. The maximum Gasteiger partial charge on any atom is 0.410 e. The fourth-order valence-corrected chi connectivity index (χ4v) is 9.16. The number of halogens is 2. The number of nitrogens with zero attached hydrogens (tertiary/aromatic N) is 6. The second-order valence-corrected chi connectivity index (χ2v) is 17.7. The minimum Gasteiger partial charge on any atom is -0.496 e. The van der Waals surface area contributed by atoms with Crippen LogP contribution in [0, 0.1) is 5.41 Å². The third kappa shape index (κ3) is 9.00.